The Balaban J connectivity index is 3.80. The highest BCUT2D eigenvalue weighted by molar-refractivity contribution is 5.95. The molecule has 0 bridgehead atoms. The van der Waals surface area contributed by atoms with E-state index in [1.54, 1.807) is 7.05 Å². The largest absolute Gasteiger partial charge is 0.481 e. The van der Waals surface area contributed by atoms with E-state index >= 15 is 0 Å². The highest BCUT2D eigenvalue weighted by atomic mass is 16.4. The molecular weight excluding hydrogens is 226 g/mol. The van der Waals surface area contributed by atoms with Crippen LogP contribution in [0.5, 0.6) is 0 Å². The summed E-state index contributed by atoms with van der Waals surface area (Å²) >= 11 is 0. The summed E-state index contributed by atoms with van der Waals surface area (Å²) in [6.45, 7) is 3.90. The minimum absolute atomic E-state index is 0.0329. The SMILES string of the molecule is C=CCNC(=O)NC(=O)CN(C)CCC(=O)O. The number of aliphatic carboxylic acids is 1. The molecule has 0 fully saturated rings. The van der Waals surface area contributed by atoms with E-state index in [4.69, 9.17) is 5.11 Å². The number of urea groups is 1. The van der Waals surface area contributed by atoms with Crippen LogP contribution in [0.25, 0.3) is 0 Å². The molecule has 0 aliphatic heterocycles. The fourth-order valence-electron chi connectivity index (χ4n) is 0.986. The van der Waals surface area contributed by atoms with Gasteiger partial charge < -0.3 is 10.4 Å². The van der Waals surface area contributed by atoms with Crippen molar-refractivity contribution in [2.24, 2.45) is 0 Å². The first kappa shape index (κ1) is 15.1. The molecule has 0 aromatic carbocycles. The lowest BCUT2D eigenvalue weighted by Gasteiger charge is -2.14. The molecule has 3 N–H and O–H groups in total. The molecule has 0 aromatic rings. The van der Waals surface area contributed by atoms with Crippen LogP contribution in [0.1, 0.15) is 6.42 Å². The van der Waals surface area contributed by atoms with E-state index in [1.807, 2.05) is 0 Å². The van der Waals surface area contributed by atoms with E-state index < -0.39 is 17.9 Å². The Morgan fingerprint density at radius 3 is 2.59 bits per heavy atom. The number of likely N-dealkylation sites (N-methyl/N-ethyl adjacent to an activating group) is 1. The zero-order chi connectivity index (χ0) is 13.3. The quantitative estimate of drug-likeness (QED) is 0.519. The van der Waals surface area contributed by atoms with Crippen LogP contribution in [0.2, 0.25) is 0 Å². The van der Waals surface area contributed by atoms with Crippen LogP contribution in [0, 0.1) is 0 Å². The summed E-state index contributed by atoms with van der Waals surface area (Å²) in [4.78, 5) is 34.1. The predicted molar refractivity (Wildman–Crippen MR) is 61.5 cm³/mol. The number of carbonyl (C=O) groups is 3. The van der Waals surface area contributed by atoms with E-state index in [9.17, 15) is 14.4 Å². The van der Waals surface area contributed by atoms with Gasteiger partial charge in [-0.15, -0.1) is 6.58 Å². The number of carboxylic acid groups (broad SMARTS) is 1. The second kappa shape index (κ2) is 8.28. The summed E-state index contributed by atoms with van der Waals surface area (Å²) in [5.41, 5.74) is 0. The molecule has 0 aliphatic rings. The number of imide groups is 1. The Morgan fingerprint density at radius 1 is 1.41 bits per heavy atom. The zero-order valence-corrected chi connectivity index (χ0v) is 9.73. The van der Waals surface area contributed by atoms with Crippen molar-refractivity contribution < 1.29 is 19.5 Å². The van der Waals surface area contributed by atoms with Crippen molar-refractivity contribution in [1.29, 1.82) is 0 Å². The van der Waals surface area contributed by atoms with Gasteiger partial charge in [-0.05, 0) is 7.05 Å². The molecule has 7 nitrogen and oxygen atoms in total. The maximum absolute atomic E-state index is 11.3. The third-order valence-electron chi connectivity index (χ3n) is 1.78. The molecule has 0 radical (unpaired) electrons. The lowest BCUT2D eigenvalue weighted by molar-refractivity contribution is -0.137. The zero-order valence-electron chi connectivity index (χ0n) is 9.73. The van der Waals surface area contributed by atoms with Gasteiger partial charge in [0.2, 0.25) is 5.91 Å². The maximum atomic E-state index is 11.3. The van der Waals surface area contributed by atoms with Crippen LogP contribution in [-0.2, 0) is 9.59 Å². The number of hydrogen-bond donors (Lipinski definition) is 3. The normalized spacial score (nSPS) is 9.76. The Bertz CT molecular complexity index is 304. The van der Waals surface area contributed by atoms with Gasteiger partial charge in [-0.2, -0.15) is 0 Å². The van der Waals surface area contributed by atoms with Gasteiger partial charge in [0, 0.05) is 13.1 Å². The van der Waals surface area contributed by atoms with Gasteiger partial charge >= 0.3 is 12.0 Å². The van der Waals surface area contributed by atoms with E-state index in [1.165, 1.54) is 11.0 Å². The number of nitrogens with zero attached hydrogens (tertiary/aromatic N) is 1. The number of hydrogen-bond acceptors (Lipinski definition) is 4. The molecule has 0 saturated heterocycles. The van der Waals surface area contributed by atoms with Crippen molar-refractivity contribution in [3.05, 3.63) is 12.7 Å². The fourth-order valence-corrected chi connectivity index (χ4v) is 0.986. The summed E-state index contributed by atoms with van der Waals surface area (Å²) in [5.74, 6) is -1.42. The fraction of sp³-hybridized carbons (Fsp3) is 0.500. The predicted octanol–water partition coefficient (Wildman–Crippen LogP) is -0.595. The summed E-state index contributed by atoms with van der Waals surface area (Å²) in [5, 5.41) is 12.9. The van der Waals surface area contributed by atoms with Crippen LogP contribution >= 0.6 is 0 Å². The van der Waals surface area contributed by atoms with Crippen molar-refractivity contribution in [3.8, 4) is 0 Å². The maximum Gasteiger partial charge on any atom is 0.321 e. The Labute approximate surface area is 99.5 Å². The monoisotopic (exact) mass is 243 g/mol. The second-order valence-electron chi connectivity index (χ2n) is 3.43. The van der Waals surface area contributed by atoms with Crippen molar-refractivity contribution in [1.82, 2.24) is 15.5 Å². The molecule has 0 aliphatic carbocycles. The molecule has 0 unspecified atom stereocenters. The van der Waals surface area contributed by atoms with Gasteiger partial charge in [0.25, 0.3) is 0 Å². The lowest BCUT2D eigenvalue weighted by Crippen LogP contribution is -2.44. The molecule has 0 heterocycles. The van der Waals surface area contributed by atoms with Crippen LogP contribution in [0.15, 0.2) is 12.7 Å². The number of carboxylic acids is 1. The van der Waals surface area contributed by atoms with E-state index in [-0.39, 0.29) is 26.1 Å². The minimum Gasteiger partial charge on any atom is -0.481 e. The van der Waals surface area contributed by atoms with Gasteiger partial charge in [-0.1, -0.05) is 6.08 Å². The van der Waals surface area contributed by atoms with Crippen LogP contribution < -0.4 is 10.6 Å². The van der Waals surface area contributed by atoms with Crippen molar-refractivity contribution in [2.75, 3.05) is 26.7 Å². The Kier molecular flexibility index (Phi) is 7.36. The highest BCUT2D eigenvalue weighted by Crippen LogP contribution is 1.87. The number of nitrogens with one attached hydrogen (secondary N) is 2. The standard InChI is InChI=1S/C10H17N3O4/c1-3-5-11-10(17)12-8(14)7-13(2)6-4-9(15)16/h3H,1,4-7H2,2H3,(H,15,16)(H2,11,12,14,17). The summed E-state index contributed by atoms with van der Waals surface area (Å²) in [6.07, 6.45) is 1.44. The molecule has 96 valence electrons. The second-order valence-corrected chi connectivity index (χ2v) is 3.43. The van der Waals surface area contributed by atoms with E-state index in [2.05, 4.69) is 17.2 Å². The average Bonchev–Trinajstić information content (AvgIpc) is 2.23. The van der Waals surface area contributed by atoms with E-state index in [0.717, 1.165) is 0 Å². The first-order chi connectivity index (χ1) is 7.95. The number of rotatable bonds is 7. The molecule has 0 atom stereocenters. The molecule has 0 aromatic heterocycles. The van der Waals surface area contributed by atoms with Gasteiger partial charge in [-0.25, -0.2) is 4.79 Å². The number of carbonyl (C=O) groups excluding carboxylic acids is 2. The molecule has 7 heteroatoms. The Hall–Kier alpha value is -1.89. The molecule has 0 spiro atoms. The lowest BCUT2D eigenvalue weighted by atomic mass is 10.4. The summed E-state index contributed by atoms with van der Waals surface area (Å²) in [7, 11) is 1.60. The van der Waals surface area contributed by atoms with Gasteiger partial charge in [0.15, 0.2) is 0 Å². The number of amides is 3. The molecule has 0 saturated carbocycles. The van der Waals surface area contributed by atoms with Crippen LogP contribution in [0.3, 0.4) is 0 Å². The summed E-state index contributed by atoms with van der Waals surface area (Å²) in [6, 6.07) is -0.596. The van der Waals surface area contributed by atoms with Gasteiger partial charge in [0.1, 0.15) is 0 Å². The third kappa shape index (κ3) is 9.06. The topological polar surface area (TPSA) is 98.7 Å². The first-order valence-corrected chi connectivity index (χ1v) is 5.04. The van der Waals surface area contributed by atoms with Crippen molar-refractivity contribution in [3.63, 3.8) is 0 Å². The first-order valence-electron chi connectivity index (χ1n) is 5.04. The third-order valence-corrected chi connectivity index (χ3v) is 1.78. The summed E-state index contributed by atoms with van der Waals surface area (Å²) < 4.78 is 0. The average molecular weight is 243 g/mol. The molecule has 17 heavy (non-hydrogen) atoms. The minimum atomic E-state index is -0.930. The van der Waals surface area contributed by atoms with Crippen LogP contribution in [0.4, 0.5) is 4.79 Å². The highest BCUT2D eigenvalue weighted by Gasteiger charge is 2.10. The molecular formula is C10H17N3O4. The van der Waals surface area contributed by atoms with E-state index in [0.29, 0.717) is 0 Å². The Morgan fingerprint density at radius 2 is 2.06 bits per heavy atom. The van der Waals surface area contributed by atoms with Crippen molar-refractivity contribution in [2.45, 2.75) is 6.42 Å². The van der Waals surface area contributed by atoms with Gasteiger partial charge in [-0.3, -0.25) is 19.8 Å². The van der Waals surface area contributed by atoms with Crippen LogP contribution in [-0.4, -0.2) is 54.6 Å². The smallest absolute Gasteiger partial charge is 0.321 e. The molecule has 0 rings (SSSR count). The van der Waals surface area contributed by atoms with Gasteiger partial charge in [0.05, 0.1) is 13.0 Å². The molecule has 3 amide bonds. The van der Waals surface area contributed by atoms with Crippen molar-refractivity contribution >= 4 is 17.9 Å².